The third-order valence-electron chi connectivity index (χ3n) is 7.17. The second-order valence-corrected chi connectivity index (χ2v) is 10.0. The summed E-state index contributed by atoms with van der Waals surface area (Å²) in [5, 5.41) is 0. The van der Waals surface area contributed by atoms with Crippen LogP contribution in [0.5, 0.6) is 0 Å². The summed E-state index contributed by atoms with van der Waals surface area (Å²) in [5.74, 6) is 1.17. The van der Waals surface area contributed by atoms with Gasteiger partial charge in [0, 0.05) is 11.1 Å². The summed E-state index contributed by atoms with van der Waals surface area (Å²) in [6, 6.07) is 0. The van der Waals surface area contributed by atoms with Crippen molar-refractivity contribution in [1.82, 2.24) is 0 Å². The van der Waals surface area contributed by atoms with E-state index < -0.39 is 0 Å². The van der Waals surface area contributed by atoms with E-state index in [9.17, 15) is 9.59 Å². The van der Waals surface area contributed by atoms with Gasteiger partial charge in [-0.05, 0) is 101 Å². The van der Waals surface area contributed by atoms with Crippen LogP contribution >= 0.6 is 0 Å². The standard InChI is InChI=1S/C24H36O4/c1-17(2)21(25)27-9-5-7-23-12-19-11-20(13-23)15-24(14-19,16-23)8-6-10-28-22(26)18(3)4/h19-20H,1,3,5-16H2,2,4H3. The SMILES string of the molecule is C=C(C)C(=O)OCCCC12CC3CC(C1)CC(CCCOC(=O)C(=C)C)(C3)C2. The molecular weight excluding hydrogens is 352 g/mol. The van der Waals surface area contributed by atoms with Crippen LogP contribution in [-0.4, -0.2) is 25.2 Å². The second kappa shape index (κ2) is 8.42. The Morgan fingerprint density at radius 1 is 0.821 bits per heavy atom. The Bertz CT molecular complexity index is 581. The van der Waals surface area contributed by atoms with Gasteiger partial charge >= 0.3 is 11.9 Å². The van der Waals surface area contributed by atoms with Crippen molar-refractivity contribution in [2.24, 2.45) is 22.7 Å². The van der Waals surface area contributed by atoms with E-state index in [2.05, 4.69) is 13.2 Å². The third-order valence-corrected chi connectivity index (χ3v) is 7.17. The van der Waals surface area contributed by atoms with Crippen LogP contribution in [0.25, 0.3) is 0 Å². The molecule has 4 bridgehead atoms. The fraction of sp³-hybridized carbons (Fsp3) is 0.750. The molecule has 4 fully saturated rings. The highest BCUT2D eigenvalue weighted by Gasteiger charge is 2.56. The van der Waals surface area contributed by atoms with Crippen LogP contribution < -0.4 is 0 Å². The molecule has 0 N–H and O–H groups in total. The summed E-state index contributed by atoms with van der Waals surface area (Å²) in [5.41, 5.74) is 1.82. The Kier molecular flexibility index (Phi) is 6.36. The van der Waals surface area contributed by atoms with Gasteiger partial charge in [0.2, 0.25) is 0 Å². The number of carbonyl (C=O) groups excluding carboxylic acids is 2. The van der Waals surface area contributed by atoms with Gasteiger partial charge in [-0.25, -0.2) is 9.59 Å². The van der Waals surface area contributed by atoms with Crippen molar-refractivity contribution in [3.8, 4) is 0 Å². The average molecular weight is 389 g/mol. The molecule has 4 rings (SSSR count). The maximum Gasteiger partial charge on any atom is 0.333 e. The molecule has 0 amide bonds. The first-order chi connectivity index (χ1) is 13.2. The lowest BCUT2D eigenvalue weighted by Crippen LogP contribution is -2.52. The zero-order chi connectivity index (χ0) is 20.4. The Balaban J connectivity index is 1.51. The van der Waals surface area contributed by atoms with Crippen LogP contribution in [-0.2, 0) is 19.1 Å². The van der Waals surface area contributed by atoms with Crippen LogP contribution in [0.3, 0.4) is 0 Å². The molecule has 0 saturated heterocycles. The number of esters is 2. The van der Waals surface area contributed by atoms with Gasteiger partial charge in [0.15, 0.2) is 0 Å². The summed E-state index contributed by atoms with van der Waals surface area (Å²) in [7, 11) is 0. The fourth-order valence-electron chi connectivity index (χ4n) is 6.70. The van der Waals surface area contributed by atoms with Crippen molar-refractivity contribution < 1.29 is 19.1 Å². The molecule has 4 nitrogen and oxygen atoms in total. The van der Waals surface area contributed by atoms with Gasteiger partial charge in [-0.1, -0.05) is 13.2 Å². The van der Waals surface area contributed by atoms with Crippen molar-refractivity contribution in [3.63, 3.8) is 0 Å². The van der Waals surface area contributed by atoms with Crippen LogP contribution in [0.15, 0.2) is 24.3 Å². The second-order valence-electron chi connectivity index (χ2n) is 10.0. The summed E-state index contributed by atoms with van der Waals surface area (Å²) in [6.45, 7) is 11.7. The minimum atomic E-state index is -0.272. The van der Waals surface area contributed by atoms with Gasteiger partial charge in [-0.2, -0.15) is 0 Å². The van der Waals surface area contributed by atoms with Gasteiger partial charge in [-0.3, -0.25) is 0 Å². The molecule has 0 spiro atoms. The fourth-order valence-corrected chi connectivity index (χ4v) is 6.70. The predicted octanol–water partition coefficient (Wildman–Crippen LogP) is 5.37. The third kappa shape index (κ3) is 4.87. The van der Waals surface area contributed by atoms with Gasteiger partial charge < -0.3 is 9.47 Å². The number of carbonyl (C=O) groups is 2. The molecule has 4 aliphatic carbocycles. The zero-order valence-electron chi connectivity index (χ0n) is 17.7. The quantitative estimate of drug-likeness (QED) is 0.287. The van der Waals surface area contributed by atoms with E-state index in [4.69, 9.17) is 9.47 Å². The first kappa shape index (κ1) is 21.1. The smallest absolute Gasteiger partial charge is 0.333 e. The van der Waals surface area contributed by atoms with Crippen molar-refractivity contribution in [1.29, 1.82) is 0 Å². The lowest BCUT2D eigenvalue weighted by atomic mass is 9.42. The molecule has 0 unspecified atom stereocenters. The number of hydrogen-bond donors (Lipinski definition) is 0. The zero-order valence-corrected chi connectivity index (χ0v) is 17.7. The summed E-state index contributed by atoms with van der Waals surface area (Å²) in [6.07, 6.45) is 12.3. The van der Waals surface area contributed by atoms with E-state index in [1.165, 1.54) is 38.5 Å². The van der Waals surface area contributed by atoms with E-state index in [-0.39, 0.29) is 11.9 Å². The van der Waals surface area contributed by atoms with Gasteiger partial charge in [0.1, 0.15) is 0 Å². The molecule has 0 radical (unpaired) electrons. The highest BCUT2D eigenvalue weighted by Crippen LogP contribution is 2.67. The first-order valence-corrected chi connectivity index (χ1v) is 10.9. The molecular formula is C24H36O4. The molecule has 0 aromatic carbocycles. The van der Waals surface area contributed by atoms with E-state index in [1.807, 2.05) is 0 Å². The predicted molar refractivity (Wildman–Crippen MR) is 110 cm³/mol. The molecule has 0 aromatic rings. The molecule has 4 heteroatoms. The Morgan fingerprint density at radius 3 is 1.57 bits per heavy atom. The summed E-state index contributed by atoms with van der Waals surface area (Å²) < 4.78 is 10.6. The van der Waals surface area contributed by atoms with Crippen molar-refractivity contribution in [2.75, 3.05) is 13.2 Å². The van der Waals surface area contributed by atoms with Crippen molar-refractivity contribution in [3.05, 3.63) is 24.3 Å². The minimum Gasteiger partial charge on any atom is -0.462 e. The monoisotopic (exact) mass is 388 g/mol. The number of hydrogen-bond acceptors (Lipinski definition) is 4. The molecule has 0 heterocycles. The molecule has 4 aliphatic rings. The highest BCUT2D eigenvalue weighted by atomic mass is 16.5. The minimum absolute atomic E-state index is 0.272. The number of ether oxygens (including phenoxy) is 2. The van der Waals surface area contributed by atoms with E-state index in [0.717, 1.165) is 37.5 Å². The van der Waals surface area contributed by atoms with Crippen LogP contribution in [0.1, 0.15) is 78.1 Å². The van der Waals surface area contributed by atoms with Crippen molar-refractivity contribution >= 4 is 11.9 Å². The van der Waals surface area contributed by atoms with Crippen LogP contribution in [0.4, 0.5) is 0 Å². The molecule has 0 aromatic heterocycles. The maximum atomic E-state index is 11.6. The van der Waals surface area contributed by atoms with Crippen LogP contribution in [0.2, 0.25) is 0 Å². The molecule has 0 atom stereocenters. The maximum absolute atomic E-state index is 11.6. The lowest BCUT2D eigenvalue weighted by Gasteiger charge is -2.63. The first-order valence-electron chi connectivity index (χ1n) is 10.9. The normalized spacial score (nSPS) is 32.8. The van der Waals surface area contributed by atoms with E-state index in [0.29, 0.717) is 35.2 Å². The summed E-state index contributed by atoms with van der Waals surface area (Å²) in [4.78, 5) is 23.2. The Hall–Kier alpha value is -1.58. The van der Waals surface area contributed by atoms with Crippen molar-refractivity contribution in [2.45, 2.75) is 78.1 Å². The number of rotatable bonds is 10. The summed E-state index contributed by atoms with van der Waals surface area (Å²) >= 11 is 0. The molecule has 4 saturated carbocycles. The Morgan fingerprint density at radius 2 is 1.21 bits per heavy atom. The highest BCUT2D eigenvalue weighted by molar-refractivity contribution is 5.87. The Labute approximate surface area is 169 Å². The van der Waals surface area contributed by atoms with E-state index in [1.54, 1.807) is 13.8 Å². The van der Waals surface area contributed by atoms with Gasteiger partial charge in [-0.15, -0.1) is 0 Å². The molecule has 0 aliphatic heterocycles. The van der Waals surface area contributed by atoms with Crippen LogP contribution in [0, 0.1) is 22.7 Å². The van der Waals surface area contributed by atoms with Gasteiger partial charge in [0.05, 0.1) is 13.2 Å². The van der Waals surface area contributed by atoms with E-state index >= 15 is 0 Å². The average Bonchev–Trinajstić information content (AvgIpc) is 2.60. The topological polar surface area (TPSA) is 52.6 Å². The molecule has 28 heavy (non-hydrogen) atoms. The molecule has 156 valence electrons. The lowest BCUT2D eigenvalue weighted by molar-refractivity contribution is -0.141. The largest absolute Gasteiger partial charge is 0.462 e. The van der Waals surface area contributed by atoms with Gasteiger partial charge in [0.25, 0.3) is 0 Å².